The van der Waals surface area contributed by atoms with Crippen molar-refractivity contribution >= 4 is 15.4 Å². The summed E-state index contributed by atoms with van der Waals surface area (Å²) in [5.41, 5.74) is 0. The second-order valence-electron chi connectivity index (χ2n) is 2.76. The molecule has 13 heavy (non-hydrogen) atoms. The zero-order valence-corrected chi connectivity index (χ0v) is 8.60. The van der Waals surface area contributed by atoms with Crippen LogP contribution in [0.1, 0.15) is 0 Å². The van der Waals surface area contributed by atoms with E-state index in [1.807, 2.05) is 0 Å². The van der Waals surface area contributed by atoms with Crippen molar-refractivity contribution in [3.63, 3.8) is 0 Å². The molecule has 0 rings (SSSR count). The fourth-order valence-electron chi connectivity index (χ4n) is 0.578. The van der Waals surface area contributed by atoms with Crippen molar-refractivity contribution in [2.24, 2.45) is 0 Å². The van der Waals surface area contributed by atoms with E-state index in [-0.39, 0.29) is 0 Å². The van der Waals surface area contributed by atoms with Crippen LogP contribution in [-0.2, 0) is 4.31 Å². The van der Waals surface area contributed by atoms with Gasteiger partial charge in [-0.15, -0.1) is 0 Å². The van der Waals surface area contributed by atoms with Gasteiger partial charge in [-0.2, -0.15) is 0 Å². The van der Waals surface area contributed by atoms with Gasteiger partial charge in [-0.3, -0.25) is 0 Å². The Morgan fingerprint density at radius 2 is 1.15 bits per heavy atom. The summed E-state index contributed by atoms with van der Waals surface area (Å²) in [6.45, 7) is -4.02. The average molecular weight is 236 g/mol. The Kier molecular flexibility index (Phi) is 5.10. The molecule has 0 aliphatic heterocycles. The third kappa shape index (κ3) is 2.76. The predicted molar refractivity (Wildman–Crippen MR) is 47.7 cm³/mol. The molecule has 9 heteroatoms. The van der Waals surface area contributed by atoms with Crippen LogP contribution in [-0.4, -0.2) is 55.6 Å². The molecule has 0 aromatic carbocycles. The first-order valence-electron chi connectivity index (χ1n) is 3.29. The van der Waals surface area contributed by atoms with Crippen molar-refractivity contribution in [3.8, 4) is 0 Å². The standard InChI is InChI=1S/C4H14O7P2/c5-1-13(2-6,3-7,4-8)11-12(9)10/h5-10H,1-4H2. The minimum atomic E-state index is -4.02. The van der Waals surface area contributed by atoms with Crippen molar-refractivity contribution in [2.75, 3.05) is 25.4 Å². The summed E-state index contributed by atoms with van der Waals surface area (Å²) in [5, 5.41) is 35.7. The summed E-state index contributed by atoms with van der Waals surface area (Å²) in [5.74, 6) is 0. The molecule has 0 aromatic rings. The fraction of sp³-hybridized carbons (Fsp3) is 1.00. The molecule has 0 saturated heterocycles. The predicted octanol–water partition coefficient (Wildman–Crippen LogP) is -1.52. The van der Waals surface area contributed by atoms with Crippen LogP contribution < -0.4 is 0 Å². The average Bonchev–Trinajstić information content (AvgIpc) is 2.15. The minimum absolute atomic E-state index is 0.810. The van der Waals surface area contributed by atoms with E-state index >= 15 is 0 Å². The van der Waals surface area contributed by atoms with Crippen LogP contribution in [0.25, 0.3) is 0 Å². The van der Waals surface area contributed by atoms with Crippen LogP contribution in [0.2, 0.25) is 0 Å². The maximum absolute atomic E-state index is 8.92. The third-order valence-corrected chi connectivity index (χ3v) is 7.03. The van der Waals surface area contributed by atoms with Crippen molar-refractivity contribution < 1.29 is 34.5 Å². The molecular weight excluding hydrogens is 222 g/mol. The zero-order valence-electron chi connectivity index (χ0n) is 6.81. The quantitative estimate of drug-likeness (QED) is 0.309. The SMILES string of the molecule is OCP(CO)(CO)(CO)OP(O)O. The third-order valence-electron chi connectivity index (χ3n) is 1.73. The van der Waals surface area contributed by atoms with E-state index in [1.54, 1.807) is 0 Å². The van der Waals surface area contributed by atoms with Gasteiger partial charge in [-0.25, -0.2) is 0 Å². The molecule has 0 spiro atoms. The van der Waals surface area contributed by atoms with Gasteiger partial charge >= 0.3 is 75.3 Å². The number of aliphatic hydroxyl groups excluding tert-OH is 4. The Balaban J connectivity index is 4.83. The number of hydrogen-bond acceptors (Lipinski definition) is 7. The Labute approximate surface area is 76.2 Å². The second-order valence-corrected chi connectivity index (χ2v) is 8.76. The molecule has 0 heterocycles. The van der Waals surface area contributed by atoms with Gasteiger partial charge in [0.05, 0.1) is 0 Å². The van der Waals surface area contributed by atoms with Crippen molar-refractivity contribution in [1.29, 1.82) is 0 Å². The molecule has 0 aliphatic carbocycles. The van der Waals surface area contributed by atoms with Gasteiger partial charge in [0.15, 0.2) is 0 Å². The number of aliphatic hydroxyl groups is 4. The first kappa shape index (κ1) is 13.6. The Hall–Kier alpha value is 0.580. The van der Waals surface area contributed by atoms with Gasteiger partial charge in [-0.05, 0) is 0 Å². The molecule has 0 saturated carbocycles. The van der Waals surface area contributed by atoms with E-state index in [9.17, 15) is 0 Å². The summed E-state index contributed by atoms with van der Waals surface area (Å²) in [6.07, 6.45) is -3.24. The number of hydrogen-bond donors (Lipinski definition) is 6. The Morgan fingerprint density at radius 3 is 1.23 bits per heavy atom. The Morgan fingerprint density at radius 1 is 0.846 bits per heavy atom. The van der Waals surface area contributed by atoms with Crippen molar-refractivity contribution in [2.45, 2.75) is 0 Å². The molecule has 82 valence electrons. The fourth-order valence-corrected chi connectivity index (χ4v) is 3.59. The molecule has 0 fully saturated rings. The molecule has 0 amide bonds. The van der Waals surface area contributed by atoms with E-state index in [0.717, 1.165) is 0 Å². The molecule has 6 N–H and O–H groups in total. The first-order valence-corrected chi connectivity index (χ1v) is 7.36. The molecule has 0 aromatic heterocycles. The zero-order chi connectivity index (χ0) is 10.6. The second kappa shape index (κ2) is 4.89. The van der Waals surface area contributed by atoms with Gasteiger partial charge in [0.25, 0.3) is 0 Å². The summed E-state index contributed by atoms with van der Waals surface area (Å²) in [6, 6.07) is 0. The van der Waals surface area contributed by atoms with Crippen molar-refractivity contribution in [1.82, 2.24) is 0 Å². The summed E-state index contributed by atoms with van der Waals surface area (Å²) in [4.78, 5) is 17.1. The van der Waals surface area contributed by atoms with Gasteiger partial charge in [0, 0.05) is 0 Å². The summed E-state index contributed by atoms with van der Waals surface area (Å²) < 4.78 is 4.53. The topological polar surface area (TPSA) is 131 Å². The normalized spacial score (nSPS) is 15.8. The van der Waals surface area contributed by atoms with Crippen LogP contribution in [0.5, 0.6) is 0 Å². The van der Waals surface area contributed by atoms with Gasteiger partial charge in [0.2, 0.25) is 0 Å². The number of rotatable bonds is 6. The van der Waals surface area contributed by atoms with E-state index in [0.29, 0.717) is 0 Å². The van der Waals surface area contributed by atoms with E-state index in [2.05, 4.69) is 4.31 Å². The molecule has 0 aliphatic rings. The molecule has 0 radical (unpaired) electrons. The van der Waals surface area contributed by atoms with E-state index < -0.39 is 40.8 Å². The molecular formula is C4H14O7P2. The summed E-state index contributed by atoms with van der Waals surface area (Å²) >= 11 is 0. The molecule has 7 nitrogen and oxygen atoms in total. The molecule has 0 bridgehead atoms. The van der Waals surface area contributed by atoms with E-state index in [4.69, 9.17) is 30.2 Å². The van der Waals surface area contributed by atoms with Crippen LogP contribution in [0.15, 0.2) is 0 Å². The summed E-state index contributed by atoms with van der Waals surface area (Å²) in [7, 11) is -2.84. The monoisotopic (exact) mass is 236 g/mol. The molecule has 0 atom stereocenters. The van der Waals surface area contributed by atoms with Gasteiger partial charge in [0.1, 0.15) is 0 Å². The Bertz CT molecular complexity index is 135. The van der Waals surface area contributed by atoms with Crippen LogP contribution in [0.3, 0.4) is 0 Å². The van der Waals surface area contributed by atoms with E-state index in [1.165, 1.54) is 0 Å². The van der Waals surface area contributed by atoms with Crippen LogP contribution in [0.4, 0.5) is 0 Å². The van der Waals surface area contributed by atoms with Gasteiger partial charge in [-0.1, -0.05) is 0 Å². The van der Waals surface area contributed by atoms with Crippen molar-refractivity contribution in [3.05, 3.63) is 0 Å². The molecule has 0 unspecified atom stereocenters. The van der Waals surface area contributed by atoms with Gasteiger partial charge < -0.3 is 0 Å². The van der Waals surface area contributed by atoms with Crippen LogP contribution in [0, 0.1) is 0 Å². The first-order chi connectivity index (χ1) is 5.97. The van der Waals surface area contributed by atoms with Crippen LogP contribution >= 0.6 is 15.4 Å². The maximum atomic E-state index is 8.92.